The van der Waals surface area contributed by atoms with Gasteiger partial charge in [-0.25, -0.2) is 0 Å². The fourth-order valence-corrected chi connectivity index (χ4v) is 5.14. The van der Waals surface area contributed by atoms with Crippen LogP contribution >= 0.6 is 0 Å². The van der Waals surface area contributed by atoms with Crippen molar-refractivity contribution in [1.82, 2.24) is 0 Å². The lowest BCUT2D eigenvalue weighted by Crippen LogP contribution is -2.43. The third kappa shape index (κ3) is 2.21. The number of methoxy groups -OCH3 is 1. The summed E-state index contributed by atoms with van der Waals surface area (Å²) < 4.78 is 5.86. The molecule has 0 saturated heterocycles. The molecule has 1 saturated carbocycles. The van der Waals surface area contributed by atoms with Crippen molar-refractivity contribution in [3.05, 3.63) is 41.5 Å². The van der Waals surface area contributed by atoms with E-state index in [1.165, 1.54) is 36.8 Å². The van der Waals surface area contributed by atoms with Crippen LogP contribution in [-0.2, 0) is 11.8 Å². The van der Waals surface area contributed by atoms with Crippen molar-refractivity contribution in [3.63, 3.8) is 0 Å². The normalized spacial score (nSPS) is 30.6. The largest absolute Gasteiger partial charge is 0.496 e. The summed E-state index contributed by atoms with van der Waals surface area (Å²) in [6, 6.07) is 4.72. The van der Waals surface area contributed by atoms with Gasteiger partial charge in [0, 0.05) is 0 Å². The van der Waals surface area contributed by atoms with Gasteiger partial charge in [0.1, 0.15) is 5.75 Å². The maximum Gasteiger partial charge on any atom is 0.125 e. The Balaban J connectivity index is 2.13. The molecule has 120 valence electrons. The molecule has 0 aromatic heterocycles. The van der Waals surface area contributed by atoms with Gasteiger partial charge >= 0.3 is 0 Å². The van der Waals surface area contributed by atoms with Crippen molar-refractivity contribution < 1.29 is 4.74 Å². The maximum absolute atomic E-state index is 5.86. The predicted molar refractivity (Wildman–Crippen MR) is 93.8 cm³/mol. The summed E-state index contributed by atoms with van der Waals surface area (Å²) in [6.07, 6.45) is 8.59. The highest BCUT2D eigenvalue weighted by atomic mass is 16.5. The molecule has 2 aliphatic rings. The van der Waals surface area contributed by atoms with E-state index in [0.717, 1.165) is 18.1 Å². The van der Waals surface area contributed by atoms with E-state index in [1.807, 2.05) is 7.11 Å². The molecule has 1 nitrogen and oxygen atoms in total. The van der Waals surface area contributed by atoms with Gasteiger partial charge in [-0.2, -0.15) is 0 Å². The van der Waals surface area contributed by atoms with Crippen molar-refractivity contribution >= 4 is 0 Å². The molecule has 3 rings (SSSR count). The van der Waals surface area contributed by atoms with Crippen molar-refractivity contribution in [2.24, 2.45) is 11.8 Å². The highest BCUT2D eigenvalue weighted by Crippen LogP contribution is 2.54. The van der Waals surface area contributed by atoms with Crippen molar-refractivity contribution in [1.29, 1.82) is 0 Å². The second kappa shape index (κ2) is 5.76. The zero-order chi connectivity index (χ0) is 15.9. The van der Waals surface area contributed by atoms with E-state index in [1.54, 1.807) is 5.56 Å². The molecular weight excluding hydrogens is 268 g/mol. The molecule has 1 aromatic rings. The standard InChI is InChI=1S/C21H30O/c1-6-15-8-7-13-21(4)18(15)11-10-17-19(21)12-9-16(14(2)3)20(17)22-5/h6,9,12,14-15,18H,1,7-8,10-11,13H2,2-5H3/t15?,18?,21-/m0/s1. The van der Waals surface area contributed by atoms with Crippen LogP contribution in [0.5, 0.6) is 5.75 Å². The molecule has 2 unspecified atom stereocenters. The van der Waals surface area contributed by atoms with Crippen LogP contribution in [0.2, 0.25) is 0 Å². The second-order valence-electron chi connectivity index (χ2n) is 7.72. The lowest BCUT2D eigenvalue weighted by atomic mass is 9.54. The molecule has 0 bridgehead atoms. The lowest BCUT2D eigenvalue weighted by molar-refractivity contribution is 0.133. The minimum atomic E-state index is 0.299. The summed E-state index contributed by atoms with van der Waals surface area (Å²) in [5.41, 5.74) is 4.70. The Kier molecular flexibility index (Phi) is 4.09. The first kappa shape index (κ1) is 15.6. The smallest absolute Gasteiger partial charge is 0.125 e. The number of hydrogen-bond donors (Lipinski definition) is 0. The Bertz CT molecular complexity index is 572. The third-order valence-electron chi connectivity index (χ3n) is 6.31. The van der Waals surface area contributed by atoms with Crippen LogP contribution in [0.25, 0.3) is 0 Å². The molecule has 0 N–H and O–H groups in total. The number of hydrogen-bond acceptors (Lipinski definition) is 1. The van der Waals surface area contributed by atoms with Crippen molar-refractivity contribution in [3.8, 4) is 5.75 Å². The zero-order valence-corrected chi connectivity index (χ0v) is 14.6. The van der Waals surface area contributed by atoms with Crippen LogP contribution in [0.15, 0.2) is 24.8 Å². The molecule has 0 spiro atoms. The van der Waals surface area contributed by atoms with Crippen LogP contribution in [0.4, 0.5) is 0 Å². The van der Waals surface area contributed by atoms with Gasteiger partial charge in [0.2, 0.25) is 0 Å². The SMILES string of the molecule is C=CC1CCC[C@]2(C)c3ccc(C(C)C)c(OC)c3CCC12. The van der Waals surface area contributed by atoms with Crippen molar-refractivity contribution in [2.75, 3.05) is 7.11 Å². The average Bonchev–Trinajstić information content (AvgIpc) is 2.52. The van der Waals surface area contributed by atoms with Gasteiger partial charge in [-0.05, 0) is 65.5 Å². The summed E-state index contributed by atoms with van der Waals surface area (Å²) in [4.78, 5) is 0. The summed E-state index contributed by atoms with van der Waals surface area (Å²) in [6.45, 7) is 11.1. The molecule has 1 fully saturated rings. The molecule has 0 amide bonds. The van der Waals surface area contributed by atoms with E-state index in [0.29, 0.717) is 17.3 Å². The first-order valence-electron chi connectivity index (χ1n) is 8.85. The highest BCUT2D eigenvalue weighted by molar-refractivity contribution is 5.52. The summed E-state index contributed by atoms with van der Waals surface area (Å²) >= 11 is 0. The van der Waals surface area contributed by atoms with E-state index in [9.17, 15) is 0 Å². The fraction of sp³-hybridized carbons (Fsp3) is 0.619. The van der Waals surface area contributed by atoms with Gasteiger partial charge in [-0.15, -0.1) is 6.58 Å². The van der Waals surface area contributed by atoms with Gasteiger partial charge in [0.25, 0.3) is 0 Å². The minimum absolute atomic E-state index is 0.299. The van der Waals surface area contributed by atoms with E-state index < -0.39 is 0 Å². The Labute approximate surface area is 135 Å². The Morgan fingerprint density at radius 3 is 2.73 bits per heavy atom. The van der Waals surface area contributed by atoms with Crippen LogP contribution < -0.4 is 4.74 Å². The van der Waals surface area contributed by atoms with Gasteiger partial charge in [0.05, 0.1) is 7.11 Å². The number of rotatable bonds is 3. The second-order valence-corrected chi connectivity index (χ2v) is 7.72. The van der Waals surface area contributed by atoms with E-state index in [2.05, 4.69) is 45.6 Å². The van der Waals surface area contributed by atoms with Crippen LogP contribution in [0.3, 0.4) is 0 Å². The van der Waals surface area contributed by atoms with Gasteiger partial charge in [0.15, 0.2) is 0 Å². The fourth-order valence-electron chi connectivity index (χ4n) is 5.14. The molecule has 1 aromatic carbocycles. The van der Waals surface area contributed by atoms with E-state index in [-0.39, 0.29) is 0 Å². The van der Waals surface area contributed by atoms with Gasteiger partial charge in [-0.1, -0.05) is 45.4 Å². The number of benzene rings is 1. The maximum atomic E-state index is 5.86. The first-order valence-corrected chi connectivity index (χ1v) is 8.85. The van der Waals surface area contributed by atoms with Gasteiger partial charge < -0.3 is 4.74 Å². The third-order valence-corrected chi connectivity index (χ3v) is 6.31. The molecule has 3 atom stereocenters. The van der Waals surface area contributed by atoms with Crippen molar-refractivity contribution in [2.45, 2.75) is 64.2 Å². The van der Waals surface area contributed by atoms with Crippen LogP contribution in [0, 0.1) is 11.8 Å². The highest BCUT2D eigenvalue weighted by Gasteiger charge is 2.46. The molecular formula is C21H30O. The van der Waals surface area contributed by atoms with Crippen LogP contribution in [0.1, 0.15) is 69.1 Å². The summed E-state index contributed by atoms with van der Waals surface area (Å²) in [7, 11) is 1.84. The summed E-state index contributed by atoms with van der Waals surface area (Å²) in [5, 5.41) is 0. The number of ether oxygens (including phenoxy) is 1. The Morgan fingerprint density at radius 1 is 1.32 bits per heavy atom. The molecule has 0 heterocycles. The quantitative estimate of drug-likeness (QED) is 0.658. The summed E-state index contributed by atoms with van der Waals surface area (Å²) in [5.74, 6) is 3.11. The zero-order valence-electron chi connectivity index (χ0n) is 14.6. The Morgan fingerprint density at radius 2 is 2.09 bits per heavy atom. The molecule has 0 radical (unpaired) electrons. The van der Waals surface area contributed by atoms with Gasteiger partial charge in [-0.3, -0.25) is 0 Å². The first-order chi connectivity index (χ1) is 10.5. The predicted octanol–water partition coefficient (Wildman–Crippen LogP) is 5.62. The topological polar surface area (TPSA) is 9.23 Å². The molecule has 1 heteroatoms. The number of fused-ring (bicyclic) bond motifs is 3. The minimum Gasteiger partial charge on any atom is -0.496 e. The van der Waals surface area contributed by atoms with Crippen LogP contribution in [-0.4, -0.2) is 7.11 Å². The van der Waals surface area contributed by atoms with E-state index >= 15 is 0 Å². The lowest BCUT2D eigenvalue weighted by Gasteiger charge is -2.50. The average molecular weight is 298 g/mol. The number of allylic oxidation sites excluding steroid dienone is 1. The molecule has 0 aliphatic heterocycles. The molecule has 22 heavy (non-hydrogen) atoms. The molecule has 2 aliphatic carbocycles. The Hall–Kier alpha value is -1.24. The van der Waals surface area contributed by atoms with E-state index in [4.69, 9.17) is 4.74 Å². The monoisotopic (exact) mass is 298 g/mol.